The number of rotatable bonds is 3. The number of amides is 2. The van der Waals surface area contributed by atoms with Crippen LogP contribution in [-0.4, -0.2) is 42.5 Å². The highest BCUT2D eigenvalue weighted by Crippen LogP contribution is 2.29. The van der Waals surface area contributed by atoms with Gasteiger partial charge in [0, 0.05) is 13.1 Å². The number of likely N-dealkylation sites (N-methyl/N-ethyl adjacent to an activating group) is 1. The minimum Gasteiger partial charge on any atom is -0.356 e. The first-order chi connectivity index (χ1) is 9.90. The second-order valence-electron chi connectivity index (χ2n) is 5.40. The Morgan fingerprint density at radius 3 is 2.81 bits per heavy atom. The van der Waals surface area contributed by atoms with E-state index in [-0.39, 0.29) is 24.5 Å². The van der Waals surface area contributed by atoms with Crippen molar-refractivity contribution < 1.29 is 18.7 Å². The number of hydrogen-bond acceptors (Lipinski definition) is 3. The summed E-state index contributed by atoms with van der Waals surface area (Å²) in [6.07, 6.45) is -0.850. The number of benzene rings is 1. The third kappa shape index (κ3) is 3.39. The Kier molecular flexibility index (Phi) is 4.57. The summed E-state index contributed by atoms with van der Waals surface area (Å²) < 4.78 is 18.8. The van der Waals surface area contributed by atoms with E-state index in [1.54, 1.807) is 19.2 Å². The molecule has 6 heteroatoms. The molecular weight excluding hydrogens is 275 g/mol. The molecule has 0 aromatic heterocycles. The fourth-order valence-electron chi connectivity index (χ4n) is 2.39. The number of halogens is 1. The summed E-state index contributed by atoms with van der Waals surface area (Å²) >= 11 is 0. The molecule has 1 aliphatic rings. The molecule has 2 amide bonds. The molecule has 1 aromatic carbocycles. The molecular formula is C15H19FN2O3. The normalized spacial score (nSPS) is 22.5. The second-order valence-corrected chi connectivity index (χ2v) is 5.40. The van der Waals surface area contributed by atoms with Gasteiger partial charge < -0.3 is 15.0 Å². The fraction of sp³-hybridized carbons (Fsp3) is 0.467. The molecule has 0 saturated carbocycles. The zero-order valence-electron chi connectivity index (χ0n) is 12.3. The third-order valence-electron chi connectivity index (χ3n) is 3.36. The zero-order chi connectivity index (χ0) is 15.6. The van der Waals surface area contributed by atoms with Crippen LogP contribution in [0.4, 0.5) is 4.39 Å². The molecule has 1 heterocycles. The Morgan fingerprint density at radius 2 is 2.19 bits per heavy atom. The molecule has 21 heavy (non-hydrogen) atoms. The van der Waals surface area contributed by atoms with Crippen molar-refractivity contribution in [1.82, 2.24) is 10.2 Å². The van der Waals surface area contributed by atoms with Crippen LogP contribution in [-0.2, 0) is 14.3 Å². The summed E-state index contributed by atoms with van der Waals surface area (Å²) in [6, 6.07) is 5.19. The predicted molar refractivity (Wildman–Crippen MR) is 74.9 cm³/mol. The first-order valence-corrected chi connectivity index (χ1v) is 6.83. The molecule has 2 rings (SSSR count). The molecule has 0 radical (unpaired) electrons. The number of nitrogens with one attached hydrogen (secondary N) is 1. The van der Waals surface area contributed by atoms with Gasteiger partial charge >= 0.3 is 0 Å². The number of nitrogens with zero attached hydrogens (tertiary/aromatic N) is 1. The Hall–Kier alpha value is -1.95. The lowest BCUT2D eigenvalue weighted by Crippen LogP contribution is -2.53. The van der Waals surface area contributed by atoms with E-state index in [1.807, 2.05) is 13.8 Å². The highest BCUT2D eigenvalue weighted by atomic mass is 19.1. The molecule has 0 bridgehead atoms. The SMILES string of the molecule is CC(C)NC(=O)[C@@H]1OCC(=O)N(C)[C@H]1c1cccc(F)c1. The fourth-order valence-corrected chi connectivity index (χ4v) is 2.39. The lowest BCUT2D eigenvalue weighted by atomic mass is 9.97. The maximum absolute atomic E-state index is 13.4. The molecule has 0 unspecified atom stereocenters. The Labute approximate surface area is 123 Å². The molecule has 2 atom stereocenters. The van der Waals surface area contributed by atoms with Crippen LogP contribution in [0.2, 0.25) is 0 Å². The maximum atomic E-state index is 13.4. The summed E-state index contributed by atoms with van der Waals surface area (Å²) in [6.45, 7) is 3.53. The summed E-state index contributed by atoms with van der Waals surface area (Å²) in [5, 5.41) is 2.77. The van der Waals surface area contributed by atoms with Gasteiger partial charge in [-0.25, -0.2) is 4.39 Å². The monoisotopic (exact) mass is 294 g/mol. The molecule has 1 saturated heterocycles. The number of carbonyl (C=O) groups is 2. The van der Waals surface area contributed by atoms with Crippen LogP contribution in [0.5, 0.6) is 0 Å². The van der Waals surface area contributed by atoms with Crippen LogP contribution in [0.3, 0.4) is 0 Å². The summed E-state index contributed by atoms with van der Waals surface area (Å²) in [5.74, 6) is -0.960. The van der Waals surface area contributed by atoms with Crippen molar-refractivity contribution in [3.8, 4) is 0 Å². The Bertz CT molecular complexity index is 547. The van der Waals surface area contributed by atoms with Gasteiger partial charge in [-0.3, -0.25) is 9.59 Å². The first-order valence-electron chi connectivity index (χ1n) is 6.83. The number of ether oxygens (including phenoxy) is 1. The molecule has 0 spiro atoms. The van der Waals surface area contributed by atoms with Gasteiger partial charge in [0.15, 0.2) is 6.10 Å². The van der Waals surface area contributed by atoms with Crippen molar-refractivity contribution in [1.29, 1.82) is 0 Å². The van der Waals surface area contributed by atoms with Gasteiger partial charge in [-0.2, -0.15) is 0 Å². The highest BCUT2D eigenvalue weighted by molar-refractivity contribution is 5.86. The standard InChI is InChI=1S/C15H19FN2O3/c1-9(2)17-15(20)14-13(18(3)12(19)8-21-14)10-5-4-6-11(16)7-10/h4-7,9,13-14H,8H2,1-3H3,(H,17,20)/t13-,14+/m0/s1. The van der Waals surface area contributed by atoms with Crippen molar-refractivity contribution in [3.63, 3.8) is 0 Å². The van der Waals surface area contributed by atoms with Gasteiger partial charge in [-0.15, -0.1) is 0 Å². The van der Waals surface area contributed by atoms with Crippen LogP contribution >= 0.6 is 0 Å². The van der Waals surface area contributed by atoms with Gasteiger partial charge in [-0.1, -0.05) is 12.1 Å². The second kappa shape index (κ2) is 6.22. The molecule has 5 nitrogen and oxygen atoms in total. The average Bonchev–Trinajstić information content (AvgIpc) is 2.40. The number of hydrogen-bond donors (Lipinski definition) is 1. The Morgan fingerprint density at radius 1 is 1.48 bits per heavy atom. The molecule has 1 N–H and O–H groups in total. The van der Waals surface area contributed by atoms with Crippen LogP contribution in [0, 0.1) is 5.82 Å². The minimum absolute atomic E-state index is 0.0443. The first kappa shape index (κ1) is 15.4. The summed E-state index contributed by atoms with van der Waals surface area (Å²) in [4.78, 5) is 25.5. The smallest absolute Gasteiger partial charge is 0.251 e. The van der Waals surface area contributed by atoms with E-state index in [1.165, 1.54) is 17.0 Å². The van der Waals surface area contributed by atoms with Crippen LogP contribution in [0.15, 0.2) is 24.3 Å². The van der Waals surface area contributed by atoms with Gasteiger partial charge in [0.2, 0.25) is 5.91 Å². The molecule has 1 aliphatic heterocycles. The van der Waals surface area contributed by atoms with Crippen LogP contribution in [0.1, 0.15) is 25.5 Å². The third-order valence-corrected chi connectivity index (χ3v) is 3.36. The van der Waals surface area contributed by atoms with E-state index < -0.39 is 18.0 Å². The van der Waals surface area contributed by atoms with Crippen LogP contribution in [0.25, 0.3) is 0 Å². The van der Waals surface area contributed by atoms with E-state index in [0.717, 1.165) is 0 Å². The van der Waals surface area contributed by atoms with Gasteiger partial charge in [0.25, 0.3) is 5.91 Å². The van der Waals surface area contributed by atoms with Crippen molar-refractivity contribution >= 4 is 11.8 Å². The van der Waals surface area contributed by atoms with Gasteiger partial charge in [-0.05, 0) is 31.5 Å². The highest BCUT2D eigenvalue weighted by Gasteiger charge is 2.40. The van der Waals surface area contributed by atoms with Crippen molar-refractivity contribution in [2.45, 2.75) is 32.0 Å². The average molecular weight is 294 g/mol. The Balaban J connectivity index is 2.33. The van der Waals surface area contributed by atoms with E-state index in [4.69, 9.17) is 4.74 Å². The largest absolute Gasteiger partial charge is 0.356 e. The lowest BCUT2D eigenvalue weighted by Gasteiger charge is -2.38. The predicted octanol–water partition coefficient (Wildman–Crippen LogP) is 1.25. The van der Waals surface area contributed by atoms with Gasteiger partial charge in [0.1, 0.15) is 12.4 Å². The summed E-state index contributed by atoms with van der Waals surface area (Å²) in [5.41, 5.74) is 0.537. The van der Waals surface area contributed by atoms with E-state index >= 15 is 0 Å². The quantitative estimate of drug-likeness (QED) is 0.912. The molecule has 1 fully saturated rings. The van der Waals surface area contributed by atoms with E-state index in [0.29, 0.717) is 5.56 Å². The van der Waals surface area contributed by atoms with E-state index in [9.17, 15) is 14.0 Å². The summed E-state index contributed by atoms with van der Waals surface area (Å²) in [7, 11) is 1.59. The molecule has 1 aromatic rings. The maximum Gasteiger partial charge on any atom is 0.251 e. The zero-order valence-corrected chi connectivity index (χ0v) is 12.3. The van der Waals surface area contributed by atoms with Crippen LogP contribution < -0.4 is 5.32 Å². The number of morpholine rings is 1. The topological polar surface area (TPSA) is 58.6 Å². The molecule has 114 valence electrons. The van der Waals surface area contributed by atoms with Crippen molar-refractivity contribution in [2.24, 2.45) is 0 Å². The number of carbonyl (C=O) groups excluding carboxylic acids is 2. The minimum atomic E-state index is -0.850. The lowest BCUT2D eigenvalue weighted by molar-refractivity contribution is -0.162. The van der Waals surface area contributed by atoms with E-state index in [2.05, 4.69) is 5.32 Å². The van der Waals surface area contributed by atoms with Crippen molar-refractivity contribution in [2.75, 3.05) is 13.7 Å². The molecule has 0 aliphatic carbocycles. The van der Waals surface area contributed by atoms with Crippen molar-refractivity contribution in [3.05, 3.63) is 35.6 Å². The van der Waals surface area contributed by atoms with Gasteiger partial charge in [0.05, 0.1) is 6.04 Å².